The summed E-state index contributed by atoms with van der Waals surface area (Å²) >= 11 is 0. The summed E-state index contributed by atoms with van der Waals surface area (Å²) < 4.78 is 0. The van der Waals surface area contributed by atoms with Crippen molar-refractivity contribution >= 4 is 18.7 Å². The zero-order chi connectivity index (χ0) is 10.6. The lowest BCUT2D eigenvalue weighted by atomic mass is 10.4. The monoisotopic (exact) mass is 202 g/mol. The van der Waals surface area contributed by atoms with E-state index in [1.54, 1.807) is 6.92 Å². The van der Waals surface area contributed by atoms with Crippen molar-refractivity contribution in [2.24, 2.45) is 0 Å². The molecule has 0 aromatic heterocycles. The number of hydrogen-bond acceptors (Lipinski definition) is 1. The second kappa shape index (κ2) is 4.25. The van der Waals surface area contributed by atoms with Crippen LogP contribution in [0.15, 0.2) is 30.3 Å². The van der Waals surface area contributed by atoms with Crippen LogP contribution in [0.2, 0.25) is 13.1 Å². The molecule has 0 N–H and O–H groups in total. The molecule has 72 valence electrons. The highest BCUT2D eigenvalue weighted by molar-refractivity contribution is 7.14. The van der Waals surface area contributed by atoms with Crippen LogP contribution in [0.25, 0.3) is 0 Å². The second-order valence-corrected chi connectivity index (χ2v) is 7.98. The molecule has 1 nitrogen and oxygen atoms in total. The number of rotatable bonds is 2. The molecule has 0 spiro atoms. The van der Waals surface area contributed by atoms with E-state index in [2.05, 4.69) is 11.8 Å². The average Bonchev–Trinajstić information content (AvgIpc) is 2.19. The molecule has 0 aliphatic carbocycles. The first-order valence-electron chi connectivity index (χ1n) is 4.61. The van der Waals surface area contributed by atoms with E-state index in [1.807, 2.05) is 43.4 Å². The third-order valence-corrected chi connectivity index (χ3v) is 5.34. The Kier molecular flexibility index (Phi) is 3.26. The first kappa shape index (κ1) is 10.7. The minimum absolute atomic E-state index is 0.103. The minimum atomic E-state index is -2.02. The average molecular weight is 202 g/mol. The molecule has 0 bridgehead atoms. The van der Waals surface area contributed by atoms with Crippen LogP contribution in [0.4, 0.5) is 0 Å². The highest BCUT2D eigenvalue weighted by Gasteiger charge is 2.31. The smallest absolute Gasteiger partial charge is 0.185 e. The van der Waals surface area contributed by atoms with E-state index < -0.39 is 8.07 Å². The van der Waals surface area contributed by atoms with Gasteiger partial charge in [-0.25, -0.2) is 0 Å². The minimum Gasteiger partial charge on any atom is -0.291 e. The maximum atomic E-state index is 11.8. The van der Waals surface area contributed by atoms with Crippen molar-refractivity contribution in [3.8, 4) is 11.8 Å². The van der Waals surface area contributed by atoms with Gasteiger partial charge in [-0.1, -0.05) is 49.3 Å². The lowest BCUT2D eigenvalue weighted by Gasteiger charge is -2.17. The standard InChI is InChI=1S/C12H14OSi/c1-4-8-12(13)14(2,3)11-9-6-5-7-10-11/h5-7,9-10H,1-3H3. The summed E-state index contributed by atoms with van der Waals surface area (Å²) in [6.45, 7) is 5.78. The van der Waals surface area contributed by atoms with Crippen LogP contribution in [0.1, 0.15) is 6.92 Å². The molecule has 14 heavy (non-hydrogen) atoms. The van der Waals surface area contributed by atoms with Crippen LogP contribution >= 0.6 is 0 Å². The molecule has 2 heteroatoms. The number of carbonyl (C=O) groups is 1. The van der Waals surface area contributed by atoms with Gasteiger partial charge in [0.05, 0.1) is 0 Å². The van der Waals surface area contributed by atoms with E-state index in [0.29, 0.717) is 0 Å². The van der Waals surface area contributed by atoms with Gasteiger partial charge in [-0.2, -0.15) is 0 Å². The molecular formula is C12H14OSi. The lowest BCUT2D eigenvalue weighted by molar-refractivity contribution is -0.107. The van der Waals surface area contributed by atoms with Crippen molar-refractivity contribution < 1.29 is 4.79 Å². The molecule has 0 fully saturated rings. The quantitative estimate of drug-likeness (QED) is 0.527. The molecule has 0 radical (unpaired) electrons. The van der Waals surface area contributed by atoms with Crippen molar-refractivity contribution in [3.63, 3.8) is 0 Å². The largest absolute Gasteiger partial charge is 0.291 e. The van der Waals surface area contributed by atoms with Crippen LogP contribution in [-0.4, -0.2) is 13.5 Å². The van der Waals surface area contributed by atoms with Crippen LogP contribution < -0.4 is 5.19 Å². The summed E-state index contributed by atoms with van der Waals surface area (Å²) in [5, 5.41) is 1.25. The predicted molar refractivity (Wildman–Crippen MR) is 62.0 cm³/mol. The fraction of sp³-hybridized carbons (Fsp3) is 0.250. The van der Waals surface area contributed by atoms with Crippen molar-refractivity contribution in [2.45, 2.75) is 20.0 Å². The Morgan fingerprint density at radius 2 is 1.79 bits per heavy atom. The summed E-state index contributed by atoms with van der Waals surface area (Å²) in [6.07, 6.45) is 0. The number of hydrogen-bond donors (Lipinski definition) is 0. The van der Waals surface area contributed by atoms with E-state index in [9.17, 15) is 4.79 Å². The summed E-state index contributed by atoms with van der Waals surface area (Å²) in [6, 6.07) is 9.93. The first-order chi connectivity index (χ1) is 6.59. The molecule has 0 heterocycles. The normalized spacial score (nSPS) is 10.2. The van der Waals surface area contributed by atoms with Gasteiger partial charge in [-0.15, -0.1) is 0 Å². The topological polar surface area (TPSA) is 17.1 Å². The maximum Gasteiger partial charge on any atom is 0.185 e. The molecule has 0 aliphatic heterocycles. The van der Waals surface area contributed by atoms with Crippen molar-refractivity contribution in [2.75, 3.05) is 0 Å². The van der Waals surface area contributed by atoms with Gasteiger partial charge in [0.25, 0.3) is 0 Å². The van der Waals surface area contributed by atoms with Gasteiger partial charge in [-0.3, -0.25) is 4.79 Å². The van der Waals surface area contributed by atoms with E-state index in [-0.39, 0.29) is 5.41 Å². The van der Waals surface area contributed by atoms with Gasteiger partial charge in [0.15, 0.2) is 13.5 Å². The Labute approximate surface area is 86.2 Å². The van der Waals surface area contributed by atoms with Crippen LogP contribution in [0, 0.1) is 11.8 Å². The lowest BCUT2D eigenvalue weighted by Crippen LogP contribution is -2.49. The SMILES string of the molecule is CC#CC(=O)[Si](C)(C)c1ccccc1. The van der Waals surface area contributed by atoms with Gasteiger partial charge in [0.1, 0.15) is 0 Å². The Bertz CT molecular complexity index is 382. The molecule has 1 rings (SSSR count). The van der Waals surface area contributed by atoms with Crippen molar-refractivity contribution in [3.05, 3.63) is 30.3 Å². The van der Waals surface area contributed by atoms with Crippen LogP contribution in [0.3, 0.4) is 0 Å². The van der Waals surface area contributed by atoms with Gasteiger partial charge in [-0.05, 0) is 18.0 Å². The molecule has 1 aromatic carbocycles. The Morgan fingerprint density at radius 3 is 2.29 bits per heavy atom. The van der Waals surface area contributed by atoms with E-state index in [1.165, 1.54) is 0 Å². The third kappa shape index (κ3) is 2.12. The first-order valence-corrected chi connectivity index (χ1v) is 7.61. The fourth-order valence-corrected chi connectivity index (χ4v) is 2.98. The number of benzene rings is 1. The summed E-state index contributed by atoms with van der Waals surface area (Å²) in [7, 11) is -2.02. The number of carbonyl (C=O) groups excluding carboxylic acids is 1. The highest BCUT2D eigenvalue weighted by atomic mass is 28.3. The van der Waals surface area contributed by atoms with Gasteiger partial charge in [0, 0.05) is 0 Å². The molecular weight excluding hydrogens is 188 g/mol. The van der Waals surface area contributed by atoms with Crippen LogP contribution in [0.5, 0.6) is 0 Å². The Morgan fingerprint density at radius 1 is 1.21 bits per heavy atom. The van der Waals surface area contributed by atoms with Gasteiger partial charge in [0.2, 0.25) is 0 Å². The molecule has 0 saturated heterocycles. The van der Waals surface area contributed by atoms with E-state index in [0.717, 1.165) is 5.19 Å². The highest BCUT2D eigenvalue weighted by Crippen LogP contribution is 2.04. The molecule has 0 saturated carbocycles. The van der Waals surface area contributed by atoms with E-state index in [4.69, 9.17) is 0 Å². The summed E-state index contributed by atoms with van der Waals surface area (Å²) in [5.41, 5.74) is 0. The van der Waals surface area contributed by atoms with Gasteiger partial charge >= 0.3 is 0 Å². The zero-order valence-electron chi connectivity index (χ0n) is 8.79. The second-order valence-electron chi connectivity index (χ2n) is 3.70. The zero-order valence-corrected chi connectivity index (χ0v) is 9.79. The van der Waals surface area contributed by atoms with Crippen molar-refractivity contribution in [1.29, 1.82) is 0 Å². The van der Waals surface area contributed by atoms with Crippen LogP contribution in [-0.2, 0) is 4.79 Å². The summed E-state index contributed by atoms with van der Waals surface area (Å²) in [5.74, 6) is 5.34. The van der Waals surface area contributed by atoms with Gasteiger partial charge < -0.3 is 0 Å². The van der Waals surface area contributed by atoms with E-state index >= 15 is 0 Å². The molecule has 0 unspecified atom stereocenters. The summed E-state index contributed by atoms with van der Waals surface area (Å²) in [4.78, 5) is 11.8. The third-order valence-electron chi connectivity index (χ3n) is 2.30. The Hall–Kier alpha value is -1.33. The molecule has 0 atom stereocenters. The predicted octanol–water partition coefficient (Wildman–Crippen LogP) is 1.73. The maximum absolute atomic E-state index is 11.8. The molecule has 1 aromatic rings. The van der Waals surface area contributed by atoms with Crippen molar-refractivity contribution in [1.82, 2.24) is 0 Å². The molecule has 0 amide bonds. The molecule has 0 aliphatic rings. The fourth-order valence-electron chi connectivity index (χ4n) is 1.26. The Balaban J connectivity index is 3.06.